The van der Waals surface area contributed by atoms with Crippen LogP contribution in [0.3, 0.4) is 0 Å². The lowest BCUT2D eigenvalue weighted by Gasteiger charge is -2.07. The molecule has 24 heavy (non-hydrogen) atoms. The molecule has 4 heterocycles. The van der Waals surface area contributed by atoms with Gasteiger partial charge in [-0.15, -0.1) is 16.4 Å². The monoisotopic (exact) mass is 430 g/mol. The number of anilines is 1. The molecule has 0 aromatic carbocycles. The van der Waals surface area contributed by atoms with Crippen molar-refractivity contribution in [1.82, 2.24) is 14.6 Å². The molecule has 1 atom stereocenters. The summed E-state index contributed by atoms with van der Waals surface area (Å²) in [6, 6.07) is 3.97. The van der Waals surface area contributed by atoms with E-state index in [1.165, 1.54) is 4.52 Å². The normalized spacial score (nSPS) is 17.7. The minimum atomic E-state index is -0.376. The molecular weight excluding hydrogens is 419 g/mol. The number of aromatic nitrogens is 3. The van der Waals surface area contributed by atoms with E-state index in [0.717, 1.165) is 17.7 Å². The van der Waals surface area contributed by atoms with Crippen molar-refractivity contribution < 1.29 is 9.13 Å². The summed E-state index contributed by atoms with van der Waals surface area (Å²) in [7, 11) is 0. The van der Waals surface area contributed by atoms with Gasteiger partial charge in [0.15, 0.2) is 11.6 Å². The molecule has 3 aromatic rings. The quantitative estimate of drug-likeness (QED) is 0.644. The fourth-order valence-corrected chi connectivity index (χ4v) is 4.35. The number of fused-ring (bicyclic) bond motifs is 1. The average molecular weight is 432 g/mol. The van der Waals surface area contributed by atoms with Crippen molar-refractivity contribution in [3.8, 4) is 0 Å². The van der Waals surface area contributed by atoms with Gasteiger partial charge in [0.1, 0.15) is 10.1 Å². The molecule has 126 valence electrons. The van der Waals surface area contributed by atoms with Crippen molar-refractivity contribution in [3.63, 3.8) is 0 Å². The van der Waals surface area contributed by atoms with Crippen LogP contribution in [0.15, 0.2) is 22.1 Å². The van der Waals surface area contributed by atoms with Gasteiger partial charge in [-0.1, -0.05) is 6.07 Å². The summed E-state index contributed by atoms with van der Waals surface area (Å²) in [4.78, 5) is 5.29. The van der Waals surface area contributed by atoms with Crippen molar-refractivity contribution in [3.05, 3.63) is 43.7 Å². The van der Waals surface area contributed by atoms with Gasteiger partial charge in [0.2, 0.25) is 5.28 Å². The minimum absolute atomic E-state index is 0.0470. The first kappa shape index (κ1) is 16.3. The van der Waals surface area contributed by atoms with Crippen LogP contribution in [-0.4, -0.2) is 21.2 Å². The Balaban J connectivity index is 1.79. The van der Waals surface area contributed by atoms with Crippen LogP contribution in [0.4, 0.5) is 10.2 Å². The number of halogens is 3. The van der Waals surface area contributed by atoms with E-state index in [4.69, 9.17) is 16.3 Å². The van der Waals surface area contributed by atoms with Gasteiger partial charge in [0.25, 0.3) is 0 Å². The van der Waals surface area contributed by atoms with E-state index in [9.17, 15) is 0 Å². The van der Waals surface area contributed by atoms with Gasteiger partial charge in [-0.3, -0.25) is 0 Å². The zero-order chi connectivity index (χ0) is 16.7. The van der Waals surface area contributed by atoms with Crippen molar-refractivity contribution in [2.24, 2.45) is 0 Å². The van der Waals surface area contributed by atoms with Crippen LogP contribution < -0.4 is 5.32 Å². The zero-order valence-corrected chi connectivity index (χ0v) is 15.6. The summed E-state index contributed by atoms with van der Waals surface area (Å²) in [5.41, 5.74) is 0.747. The number of rotatable bonds is 4. The summed E-state index contributed by atoms with van der Waals surface area (Å²) in [6.07, 6.45) is 1.43. The Morgan fingerprint density at radius 1 is 1.54 bits per heavy atom. The van der Waals surface area contributed by atoms with E-state index < -0.39 is 0 Å². The largest absolute Gasteiger partial charge is 0.373 e. The van der Waals surface area contributed by atoms with Gasteiger partial charge in [-0.05, 0) is 51.8 Å². The van der Waals surface area contributed by atoms with Crippen molar-refractivity contribution in [2.45, 2.75) is 25.5 Å². The van der Waals surface area contributed by atoms with Crippen LogP contribution in [-0.2, 0) is 11.3 Å². The predicted molar refractivity (Wildman–Crippen MR) is 95.2 cm³/mol. The molecule has 1 unspecified atom stereocenters. The number of hydrogen-bond donors (Lipinski definition) is 1. The summed E-state index contributed by atoms with van der Waals surface area (Å²) < 4.78 is 22.7. The average Bonchev–Trinajstić information content (AvgIpc) is 3.28. The van der Waals surface area contributed by atoms with E-state index in [0.29, 0.717) is 29.1 Å². The van der Waals surface area contributed by atoms with E-state index in [1.54, 1.807) is 11.3 Å². The third kappa shape index (κ3) is 2.81. The topological polar surface area (TPSA) is 51.5 Å². The van der Waals surface area contributed by atoms with Gasteiger partial charge in [-0.25, -0.2) is 8.91 Å². The molecule has 4 rings (SSSR count). The molecule has 0 aliphatic carbocycles. The molecule has 0 spiro atoms. The minimum Gasteiger partial charge on any atom is -0.373 e. The number of hydrogen-bond acceptors (Lipinski definition) is 5. The molecular formula is C15H13BrClFN4OS. The highest BCUT2D eigenvalue weighted by Crippen LogP contribution is 2.39. The highest BCUT2D eigenvalue weighted by Gasteiger charge is 2.30. The van der Waals surface area contributed by atoms with Gasteiger partial charge < -0.3 is 10.1 Å². The summed E-state index contributed by atoms with van der Waals surface area (Å²) in [5.74, 6) is -0.00929. The van der Waals surface area contributed by atoms with Crippen LogP contribution >= 0.6 is 38.9 Å². The molecule has 1 N–H and O–H groups in total. The Labute approximate surface area is 154 Å². The molecule has 3 aromatic heterocycles. The summed E-state index contributed by atoms with van der Waals surface area (Å²) in [6.45, 7) is 1.18. The first-order valence-electron chi connectivity index (χ1n) is 7.46. The highest BCUT2D eigenvalue weighted by molar-refractivity contribution is 9.10. The predicted octanol–water partition coefficient (Wildman–Crippen LogP) is 4.81. The van der Waals surface area contributed by atoms with Crippen LogP contribution in [0.2, 0.25) is 5.28 Å². The number of thiophene rings is 1. The standard InChI is InChI=1S/C15H13BrClFN4OS/c16-13-10(9-4-1-5-23-9)11(18)12-14(20-15(17)21-22(12)13)19-7-8-3-2-6-24-8/h2-3,6,9H,1,4-5,7H2,(H,19,20,21). The molecule has 9 heteroatoms. The van der Waals surface area contributed by atoms with Crippen molar-refractivity contribution in [1.29, 1.82) is 0 Å². The molecule has 0 amide bonds. The smallest absolute Gasteiger partial charge is 0.243 e. The summed E-state index contributed by atoms with van der Waals surface area (Å²) in [5, 5.41) is 9.32. The second-order valence-corrected chi connectivity index (χ2v) is 7.56. The molecule has 0 bridgehead atoms. The highest BCUT2D eigenvalue weighted by atomic mass is 79.9. The van der Waals surface area contributed by atoms with E-state index >= 15 is 4.39 Å². The lowest BCUT2D eigenvalue weighted by molar-refractivity contribution is 0.108. The molecule has 0 saturated carbocycles. The van der Waals surface area contributed by atoms with E-state index in [2.05, 4.69) is 31.3 Å². The number of nitrogens with one attached hydrogen (secondary N) is 1. The third-order valence-corrected chi connectivity index (χ3v) is 5.74. The molecule has 1 fully saturated rings. The van der Waals surface area contributed by atoms with Gasteiger partial charge in [0.05, 0.1) is 18.2 Å². The summed E-state index contributed by atoms with van der Waals surface area (Å²) >= 11 is 11.1. The third-order valence-electron chi connectivity index (χ3n) is 3.94. The Morgan fingerprint density at radius 3 is 3.12 bits per heavy atom. The first-order valence-corrected chi connectivity index (χ1v) is 9.51. The van der Waals surface area contributed by atoms with Crippen molar-refractivity contribution >= 4 is 50.2 Å². The maximum Gasteiger partial charge on any atom is 0.243 e. The lowest BCUT2D eigenvalue weighted by Crippen LogP contribution is -2.05. The lowest BCUT2D eigenvalue weighted by atomic mass is 10.1. The van der Waals surface area contributed by atoms with Gasteiger partial charge in [-0.2, -0.15) is 4.98 Å². The molecule has 1 aliphatic rings. The van der Waals surface area contributed by atoms with Gasteiger partial charge in [0, 0.05) is 11.5 Å². The Bertz CT molecular complexity index is 880. The zero-order valence-electron chi connectivity index (χ0n) is 12.4. The fourth-order valence-electron chi connectivity index (χ4n) is 2.86. The van der Waals surface area contributed by atoms with Crippen molar-refractivity contribution in [2.75, 3.05) is 11.9 Å². The van der Waals surface area contributed by atoms with Crippen LogP contribution in [0.1, 0.15) is 29.4 Å². The maximum atomic E-state index is 15.1. The Kier molecular flexibility index (Phi) is 4.46. The van der Waals surface area contributed by atoms with Crippen LogP contribution in [0.25, 0.3) is 5.52 Å². The number of ether oxygens (including phenoxy) is 1. The van der Waals surface area contributed by atoms with Crippen LogP contribution in [0.5, 0.6) is 0 Å². The molecule has 0 radical (unpaired) electrons. The first-order chi connectivity index (χ1) is 11.6. The van der Waals surface area contributed by atoms with Crippen LogP contribution in [0, 0.1) is 5.82 Å². The number of nitrogens with zero attached hydrogens (tertiary/aromatic N) is 3. The van der Waals surface area contributed by atoms with E-state index in [1.807, 2.05) is 17.5 Å². The van der Waals surface area contributed by atoms with Gasteiger partial charge >= 0.3 is 0 Å². The molecule has 5 nitrogen and oxygen atoms in total. The molecule has 1 saturated heterocycles. The fraction of sp³-hybridized carbons (Fsp3) is 0.333. The maximum absolute atomic E-state index is 15.1. The Morgan fingerprint density at radius 2 is 2.42 bits per heavy atom. The Hall–Kier alpha value is -1.22. The van der Waals surface area contributed by atoms with E-state index in [-0.39, 0.29) is 22.7 Å². The molecule has 1 aliphatic heterocycles. The SMILES string of the molecule is Fc1c(C2CCCO2)c(Br)n2nc(Cl)nc(NCc3cccs3)c12. The second-order valence-electron chi connectivity index (χ2n) is 5.44. The second kappa shape index (κ2) is 6.59.